The largest absolute Gasteiger partial charge is 0.354 e. The molecule has 21 heavy (non-hydrogen) atoms. The van der Waals surface area contributed by atoms with Gasteiger partial charge in [-0.15, -0.1) is 0 Å². The highest BCUT2D eigenvalue weighted by molar-refractivity contribution is 5.76. The second kappa shape index (κ2) is 7.36. The van der Waals surface area contributed by atoms with Gasteiger partial charge in [-0.2, -0.15) is 4.98 Å². The first-order valence-electron chi connectivity index (χ1n) is 7.58. The van der Waals surface area contributed by atoms with E-state index in [1.807, 2.05) is 13.8 Å². The minimum absolute atomic E-state index is 0.0302. The number of hydrogen-bond acceptors (Lipinski definition) is 5. The first-order valence-corrected chi connectivity index (χ1v) is 7.58. The van der Waals surface area contributed by atoms with E-state index >= 15 is 0 Å². The van der Waals surface area contributed by atoms with Gasteiger partial charge in [-0.05, 0) is 32.4 Å². The van der Waals surface area contributed by atoms with Gasteiger partial charge in [0.1, 0.15) is 0 Å². The van der Waals surface area contributed by atoms with Gasteiger partial charge in [-0.3, -0.25) is 4.79 Å². The van der Waals surface area contributed by atoms with Gasteiger partial charge in [0.2, 0.25) is 11.8 Å². The topological polar surface area (TPSA) is 71.3 Å². The summed E-state index contributed by atoms with van der Waals surface area (Å²) in [5.41, 5.74) is 1.13. The lowest BCUT2D eigenvalue weighted by atomic mass is 10.1. The van der Waals surface area contributed by atoms with Crippen molar-refractivity contribution >= 4 is 11.5 Å². The molecule has 6 nitrogen and oxygen atoms in total. The molecule has 0 saturated carbocycles. The molecule has 1 aromatic heterocycles. The van der Waals surface area contributed by atoms with Gasteiger partial charge < -0.3 is 14.7 Å². The van der Waals surface area contributed by atoms with Crippen LogP contribution in [0.2, 0.25) is 0 Å². The predicted octanol–water partition coefficient (Wildman–Crippen LogP) is 1.64. The number of aryl methyl sites for hydroxylation is 1. The number of hydrogen-bond donors (Lipinski definition) is 1. The van der Waals surface area contributed by atoms with Gasteiger partial charge in [0.05, 0.1) is 0 Å². The standard InChI is InChI=1S/C15H24N4O2/c1-4-11(2)16-13(20)5-6-14-17-15(18-21-14)12-7-9-19(3)10-8-12/h7,11H,4-6,8-10H2,1-3H3,(H,16,20). The summed E-state index contributed by atoms with van der Waals surface area (Å²) in [6, 6.07) is 0.208. The zero-order valence-corrected chi connectivity index (χ0v) is 13.1. The molecule has 1 aliphatic heterocycles. The van der Waals surface area contributed by atoms with Crippen LogP contribution in [0.25, 0.3) is 5.57 Å². The van der Waals surface area contributed by atoms with E-state index in [1.165, 1.54) is 0 Å². The molecule has 0 radical (unpaired) electrons. The van der Waals surface area contributed by atoms with E-state index in [2.05, 4.69) is 33.5 Å². The smallest absolute Gasteiger partial charge is 0.227 e. The predicted molar refractivity (Wildman–Crippen MR) is 80.6 cm³/mol. The average Bonchev–Trinajstić information content (AvgIpc) is 2.94. The van der Waals surface area contributed by atoms with Gasteiger partial charge in [0, 0.05) is 32.0 Å². The van der Waals surface area contributed by atoms with Crippen molar-refractivity contribution in [2.45, 2.75) is 45.6 Å². The molecule has 0 spiro atoms. The van der Waals surface area contributed by atoms with E-state index in [9.17, 15) is 4.79 Å². The Morgan fingerprint density at radius 1 is 1.57 bits per heavy atom. The van der Waals surface area contributed by atoms with E-state index in [0.717, 1.165) is 31.5 Å². The van der Waals surface area contributed by atoms with Gasteiger partial charge in [-0.25, -0.2) is 0 Å². The summed E-state index contributed by atoms with van der Waals surface area (Å²) in [6.07, 6.45) is 4.87. The fraction of sp³-hybridized carbons (Fsp3) is 0.667. The van der Waals surface area contributed by atoms with Gasteiger partial charge in [0.25, 0.3) is 0 Å². The Morgan fingerprint density at radius 2 is 2.38 bits per heavy atom. The van der Waals surface area contributed by atoms with Crippen molar-refractivity contribution in [1.29, 1.82) is 0 Å². The van der Waals surface area contributed by atoms with Crippen LogP contribution in [0, 0.1) is 0 Å². The van der Waals surface area contributed by atoms with Crippen molar-refractivity contribution < 1.29 is 9.32 Å². The zero-order valence-electron chi connectivity index (χ0n) is 13.1. The second-order valence-corrected chi connectivity index (χ2v) is 5.63. The fourth-order valence-electron chi connectivity index (χ4n) is 2.13. The second-order valence-electron chi connectivity index (χ2n) is 5.63. The lowest BCUT2D eigenvalue weighted by Crippen LogP contribution is -2.32. The summed E-state index contributed by atoms with van der Waals surface area (Å²) in [5, 5.41) is 6.94. The van der Waals surface area contributed by atoms with Gasteiger partial charge >= 0.3 is 0 Å². The average molecular weight is 292 g/mol. The summed E-state index contributed by atoms with van der Waals surface area (Å²) in [4.78, 5) is 18.3. The summed E-state index contributed by atoms with van der Waals surface area (Å²) >= 11 is 0. The van der Waals surface area contributed by atoms with Gasteiger partial charge in [0.15, 0.2) is 5.82 Å². The Balaban J connectivity index is 1.85. The molecule has 1 atom stereocenters. The van der Waals surface area contributed by atoms with Crippen LogP contribution in [0.5, 0.6) is 0 Å². The lowest BCUT2D eigenvalue weighted by Gasteiger charge is -2.19. The molecular weight excluding hydrogens is 268 g/mol. The molecule has 116 valence electrons. The number of aromatic nitrogens is 2. The van der Waals surface area contributed by atoms with Crippen LogP contribution in [0.15, 0.2) is 10.6 Å². The van der Waals surface area contributed by atoms with Crippen LogP contribution in [-0.4, -0.2) is 47.1 Å². The molecule has 1 aliphatic rings. The summed E-state index contributed by atoms with van der Waals surface area (Å²) < 4.78 is 5.23. The number of likely N-dealkylation sites (N-methyl/N-ethyl adjacent to an activating group) is 1. The van der Waals surface area contributed by atoms with Crippen LogP contribution in [0.3, 0.4) is 0 Å². The quantitative estimate of drug-likeness (QED) is 0.863. The summed E-state index contributed by atoms with van der Waals surface area (Å²) in [7, 11) is 2.09. The lowest BCUT2D eigenvalue weighted by molar-refractivity contribution is -0.121. The molecule has 1 aromatic rings. The molecule has 2 rings (SSSR count). The Hall–Kier alpha value is -1.69. The van der Waals surface area contributed by atoms with E-state index in [0.29, 0.717) is 24.6 Å². The van der Waals surface area contributed by atoms with Crippen LogP contribution in [-0.2, 0) is 11.2 Å². The number of carbonyl (C=O) groups excluding carboxylic acids is 1. The Labute approximate surface area is 125 Å². The molecule has 0 bridgehead atoms. The number of rotatable bonds is 6. The first kappa shape index (κ1) is 15.7. The van der Waals surface area contributed by atoms with Crippen molar-refractivity contribution in [1.82, 2.24) is 20.4 Å². The number of nitrogens with one attached hydrogen (secondary N) is 1. The van der Waals surface area contributed by atoms with Crippen LogP contribution in [0.4, 0.5) is 0 Å². The molecular formula is C15H24N4O2. The molecule has 1 amide bonds. The van der Waals surface area contributed by atoms with Crippen molar-refractivity contribution in [3.8, 4) is 0 Å². The highest BCUT2D eigenvalue weighted by atomic mass is 16.5. The molecule has 1 N–H and O–H groups in total. The Kier molecular flexibility index (Phi) is 5.50. The third-order valence-electron chi connectivity index (χ3n) is 3.75. The monoisotopic (exact) mass is 292 g/mol. The SMILES string of the molecule is CCC(C)NC(=O)CCc1nc(C2=CCN(C)CC2)no1. The van der Waals surface area contributed by atoms with Crippen molar-refractivity contribution in [2.24, 2.45) is 0 Å². The molecule has 2 heterocycles. The zero-order chi connectivity index (χ0) is 15.2. The number of nitrogens with zero attached hydrogens (tertiary/aromatic N) is 3. The van der Waals surface area contributed by atoms with E-state index in [-0.39, 0.29) is 11.9 Å². The third kappa shape index (κ3) is 4.67. The Bertz CT molecular complexity index is 510. The molecule has 0 fully saturated rings. The van der Waals surface area contributed by atoms with Crippen molar-refractivity contribution in [3.63, 3.8) is 0 Å². The van der Waals surface area contributed by atoms with Crippen molar-refractivity contribution in [3.05, 3.63) is 17.8 Å². The van der Waals surface area contributed by atoms with E-state index in [4.69, 9.17) is 4.52 Å². The maximum absolute atomic E-state index is 11.7. The Morgan fingerprint density at radius 3 is 3.05 bits per heavy atom. The third-order valence-corrected chi connectivity index (χ3v) is 3.75. The van der Waals surface area contributed by atoms with E-state index in [1.54, 1.807) is 0 Å². The van der Waals surface area contributed by atoms with Crippen LogP contribution in [0.1, 0.15) is 44.8 Å². The molecule has 0 saturated heterocycles. The van der Waals surface area contributed by atoms with Crippen molar-refractivity contribution in [2.75, 3.05) is 20.1 Å². The minimum atomic E-state index is 0.0302. The maximum Gasteiger partial charge on any atom is 0.227 e. The maximum atomic E-state index is 11.7. The van der Waals surface area contributed by atoms with Gasteiger partial charge in [-0.1, -0.05) is 18.2 Å². The number of amides is 1. The summed E-state index contributed by atoms with van der Waals surface area (Å²) in [5.74, 6) is 1.23. The van der Waals surface area contributed by atoms with Crippen LogP contribution >= 0.6 is 0 Å². The first-order chi connectivity index (χ1) is 10.1. The molecule has 1 unspecified atom stereocenters. The highest BCUT2D eigenvalue weighted by Crippen LogP contribution is 2.19. The van der Waals surface area contributed by atoms with Crippen LogP contribution < -0.4 is 5.32 Å². The summed E-state index contributed by atoms with van der Waals surface area (Å²) in [6.45, 7) is 5.96. The molecule has 0 aliphatic carbocycles. The fourth-order valence-corrected chi connectivity index (χ4v) is 2.13. The molecule has 6 heteroatoms. The normalized spacial score (nSPS) is 17.4. The molecule has 0 aromatic carbocycles. The minimum Gasteiger partial charge on any atom is -0.354 e. The highest BCUT2D eigenvalue weighted by Gasteiger charge is 2.16. The number of carbonyl (C=O) groups is 1. The van der Waals surface area contributed by atoms with E-state index < -0.39 is 0 Å².